The third kappa shape index (κ3) is 10.3. The minimum Gasteiger partial charge on any atom is -0.447 e. The third-order valence-corrected chi connectivity index (χ3v) is 16.0. The topological polar surface area (TPSA) is 167 Å². The predicted molar refractivity (Wildman–Crippen MR) is 181 cm³/mol. The van der Waals surface area contributed by atoms with E-state index in [1.54, 1.807) is 77.2 Å². The fourth-order valence-electron chi connectivity index (χ4n) is 5.87. The summed E-state index contributed by atoms with van der Waals surface area (Å²) in [5.41, 5.74) is 0. The highest BCUT2D eigenvalue weighted by Gasteiger charge is 2.45. The molecule has 3 aliphatic heterocycles. The Bertz CT molecular complexity index is 1180. The van der Waals surface area contributed by atoms with Crippen molar-refractivity contribution < 1.29 is 51.4 Å². The summed E-state index contributed by atoms with van der Waals surface area (Å²) in [5, 5.41) is 8.93. The largest absolute Gasteiger partial charge is 0.447 e. The van der Waals surface area contributed by atoms with Gasteiger partial charge in [-0.3, -0.25) is 13.7 Å². The Morgan fingerprint density at radius 3 is 1.52 bits per heavy atom. The second kappa shape index (κ2) is 18.3. The zero-order valence-electron chi connectivity index (χ0n) is 30.0. The number of nitrogens with zero attached hydrogens (tertiary/aromatic N) is 7. The van der Waals surface area contributed by atoms with Gasteiger partial charge in [-0.25, -0.2) is 32.8 Å². The van der Waals surface area contributed by atoms with Crippen molar-refractivity contribution in [1.82, 2.24) is 32.9 Å². The number of rotatable bonds is 16. The zero-order valence-corrected chi connectivity index (χ0v) is 32.7. The van der Waals surface area contributed by atoms with Crippen molar-refractivity contribution in [3.8, 4) is 0 Å². The normalized spacial score (nSPS) is 29.1. The fourth-order valence-corrected chi connectivity index (χ4v) is 12.0. The molecule has 48 heavy (non-hydrogen) atoms. The molecule has 7 unspecified atom stereocenters. The number of aliphatic hydroxyl groups is 1. The van der Waals surface area contributed by atoms with Crippen LogP contribution in [-0.4, -0.2) is 196 Å². The maximum absolute atomic E-state index is 14.5. The Morgan fingerprint density at radius 1 is 0.708 bits per heavy atom. The lowest BCUT2D eigenvalue weighted by Crippen LogP contribution is -2.51. The van der Waals surface area contributed by atoms with E-state index in [2.05, 4.69) is 0 Å². The van der Waals surface area contributed by atoms with Gasteiger partial charge in [0, 0.05) is 52.4 Å². The van der Waals surface area contributed by atoms with Crippen molar-refractivity contribution in [1.29, 1.82) is 0 Å². The molecule has 0 spiro atoms. The molecule has 7 atom stereocenters. The number of amides is 1. The first-order valence-corrected chi connectivity index (χ1v) is 21.0. The molecule has 3 heterocycles. The predicted octanol–water partition coefficient (Wildman–Crippen LogP) is 1.99. The fraction of sp³-hybridized carbons (Fsp3) is 0.963. The second-order valence-electron chi connectivity index (χ2n) is 12.7. The van der Waals surface area contributed by atoms with Crippen LogP contribution in [0.15, 0.2) is 0 Å². The number of carbonyl (C=O) groups is 1. The molecular formula is C27H58N7O11P3. The zero-order chi connectivity index (χ0) is 35.9. The molecule has 282 valence electrons. The van der Waals surface area contributed by atoms with E-state index in [1.165, 1.54) is 4.90 Å². The van der Waals surface area contributed by atoms with Crippen molar-refractivity contribution >= 4 is 29.1 Å². The van der Waals surface area contributed by atoms with E-state index >= 15 is 0 Å². The van der Waals surface area contributed by atoms with Gasteiger partial charge in [0.2, 0.25) is 0 Å². The first kappa shape index (κ1) is 41.9. The van der Waals surface area contributed by atoms with Gasteiger partial charge in [0.15, 0.2) is 0 Å². The number of ether oxygens (including phenoxy) is 3. The van der Waals surface area contributed by atoms with E-state index in [4.69, 9.17) is 32.9 Å². The van der Waals surface area contributed by atoms with E-state index in [0.717, 1.165) is 0 Å². The smallest absolute Gasteiger partial charge is 0.409 e. The Morgan fingerprint density at radius 2 is 1.12 bits per heavy atom. The van der Waals surface area contributed by atoms with Gasteiger partial charge in [-0.1, -0.05) is 0 Å². The van der Waals surface area contributed by atoms with Gasteiger partial charge in [-0.2, -0.15) is 0 Å². The van der Waals surface area contributed by atoms with E-state index < -0.39 is 41.3 Å². The lowest BCUT2D eigenvalue weighted by molar-refractivity contribution is -0.0870. The molecule has 0 aliphatic carbocycles. The van der Waals surface area contributed by atoms with Gasteiger partial charge in [0.05, 0.1) is 50.8 Å². The van der Waals surface area contributed by atoms with Crippen LogP contribution in [0.3, 0.4) is 0 Å². The summed E-state index contributed by atoms with van der Waals surface area (Å²) in [6.07, 6.45) is -2.17. The molecule has 3 fully saturated rings. The molecular weight excluding hydrogens is 691 g/mol. The van der Waals surface area contributed by atoms with Crippen LogP contribution in [0.25, 0.3) is 0 Å². The molecule has 3 rings (SSSR count). The van der Waals surface area contributed by atoms with E-state index in [0.29, 0.717) is 45.9 Å². The standard InChI is InChI=1S/C27H58N7O11P3/c1-10-41-47(38,29(6)7)33-17-23(2)44-25(19-33)22-43-48(39,30(8)9)34-18-24(3)45-26(20-34)21-42-46(37,28(4)5)32-13-11-31(12-14-32)27(36)40-16-15-35/h23-26,35H,10-22H2,1-9H3. The molecule has 21 heteroatoms. The van der Waals surface area contributed by atoms with Crippen LogP contribution in [0.5, 0.6) is 0 Å². The second-order valence-corrected chi connectivity index (χ2v) is 20.5. The summed E-state index contributed by atoms with van der Waals surface area (Å²) in [5.74, 6) is 0. The maximum atomic E-state index is 14.5. The molecule has 18 nitrogen and oxygen atoms in total. The van der Waals surface area contributed by atoms with Gasteiger partial charge < -0.3 is 37.8 Å². The van der Waals surface area contributed by atoms with Crippen LogP contribution in [0.4, 0.5) is 4.79 Å². The first-order valence-electron chi connectivity index (χ1n) is 16.4. The summed E-state index contributed by atoms with van der Waals surface area (Å²) in [6, 6.07) is 0. The number of aliphatic hydroxyl groups excluding tert-OH is 1. The summed E-state index contributed by atoms with van der Waals surface area (Å²) in [7, 11) is -0.177. The minimum absolute atomic E-state index is 0.00188. The van der Waals surface area contributed by atoms with Crippen molar-refractivity contribution in [3.05, 3.63) is 0 Å². The molecule has 0 bridgehead atoms. The van der Waals surface area contributed by atoms with Crippen LogP contribution >= 0.6 is 23.0 Å². The molecule has 0 aromatic rings. The van der Waals surface area contributed by atoms with E-state index in [9.17, 15) is 18.5 Å². The number of piperazine rings is 1. The van der Waals surface area contributed by atoms with Crippen LogP contribution in [0.2, 0.25) is 0 Å². The summed E-state index contributed by atoms with van der Waals surface area (Å²) >= 11 is 0. The molecule has 0 aromatic heterocycles. The van der Waals surface area contributed by atoms with Crippen molar-refractivity contribution in [3.63, 3.8) is 0 Å². The average Bonchev–Trinajstić information content (AvgIpc) is 3.04. The highest BCUT2D eigenvalue weighted by atomic mass is 31.2. The monoisotopic (exact) mass is 749 g/mol. The molecule has 3 saturated heterocycles. The first-order chi connectivity index (χ1) is 22.5. The van der Waals surface area contributed by atoms with Crippen LogP contribution < -0.4 is 0 Å². The highest BCUT2D eigenvalue weighted by Crippen LogP contribution is 2.56. The van der Waals surface area contributed by atoms with Crippen molar-refractivity contribution in [2.45, 2.75) is 45.2 Å². The molecule has 0 radical (unpaired) electrons. The van der Waals surface area contributed by atoms with Crippen molar-refractivity contribution in [2.75, 3.05) is 128 Å². The van der Waals surface area contributed by atoms with Crippen LogP contribution in [0, 0.1) is 0 Å². The van der Waals surface area contributed by atoms with Gasteiger partial charge in [-0.15, -0.1) is 0 Å². The number of hydrogen-bond acceptors (Lipinski definition) is 11. The highest BCUT2D eigenvalue weighted by molar-refractivity contribution is 7.54. The van der Waals surface area contributed by atoms with Crippen LogP contribution in [-0.2, 0) is 41.5 Å². The summed E-state index contributed by atoms with van der Waals surface area (Å²) in [4.78, 5) is 13.7. The SMILES string of the molecule is CCOP(=O)(N(C)C)N1CC(C)OC(COP(=O)(N(C)C)N2CC(C)OC(COP(=O)(N(C)C)N3CCN(C(=O)OCCO)CC3)C2)C1. The number of carbonyl (C=O) groups excluding carboxylic acids is 1. The summed E-state index contributed by atoms with van der Waals surface area (Å²) in [6.45, 7) is 7.91. The van der Waals surface area contributed by atoms with Crippen molar-refractivity contribution in [2.24, 2.45) is 0 Å². The van der Waals surface area contributed by atoms with Crippen LogP contribution in [0.1, 0.15) is 20.8 Å². The quantitative estimate of drug-likeness (QED) is 0.228. The van der Waals surface area contributed by atoms with E-state index in [1.807, 2.05) is 13.8 Å². The lowest BCUT2D eigenvalue weighted by Gasteiger charge is -2.44. The maximum Gasteiger partial charge on any atom is 0.409 e. The number of hydrogen-bond donors (Lipinski definition) is 1. The minimum atomic E-state index is -3.59. The average molecular weight is 750 g/mol. The van der Waals surface area contributed by atoms with E-state index in [-0.39, 0.29) is 51.7 Å². The third-order valence-electron chi connectivity index (χ3n) is 8.19. The Labute approximate surface area is 286 Å². The molecule has 3 aliphatic rings. The molecule has 0 aromatic carbocycles. The Kier molecular flexibility index (Phi) is 16.0. The Balaban J connectivity index is 1.66. The number of morpholine rings is 2. The lowest BCUT2D eigenvalue weighted by atomic mass is 10.2. The summed E-state index contributed by atoms with van der Waals surface area (Å²) < 4.78 is 87.7. The van der Waals surface area contributed by atoms with Gasteiger partial charge in [0.1, 0.15) is 6.61 Å². The molecule has 1 amide bonds. The van der Waals surface area contributed by atoms with Gasteiger partial charge >= 0.3 is 29.1 Å². The molecule has 1 N–H and O–H groups in total. The Hall–Kier alpha value is -0.520. The molecule has 0 saturated carbocycles. The van der Waals surface area contributed by atoms with Gasteiger partial charge in [-0.05, 0) is 63.1 Å². The van der Waals surface area contributed by atoms with Gasteiger partial charge in [0.25, 0.3) is 0 Å².